The highest BCUT2D eigenvalue weighted by Crippen LogP contribution is 2.08. The van der Waals surface area contributed by atoms with Gasteiger partial charge in [0.1, 0.15) is 5.60 Å². The summed E-state index contributed by atoms with van der Waals surface area (Å²) in [4.78, 5) is 25.1. The summed E-state index contributed by atoms with van der Waals surface area (Å²) in [5.74, 6) is -0.0783. The van der Waals surface area contributed by atoms with Crippen molar-refractivity contribution in [2.75, 3.05) is 13.6 Å². The summed E-state index contributed by atoms with van der Waals surface area (Å²) in [5, 5.41) is 11.3. The van der Waals surface area contributed by atoms with Crippen molar-refractivity contribution in [3.8, 4) is 6.07 Å². The molecule has 2 amide bonds. The zero-order chi connectivity index (χ0) is 17.5. The molecule has 0 aromatic heterocycles. The molecule has 1 aromatic carbocycles. The fourth-order valence-corrected chi connectivity index (χ4v) is 1.82. The predicted octanol–water partition coefficient (Wildman–Crippen LogP) is 2.43. The Kier molecular flexibility index (Phi) is 6.58. The van der Waals surface area contributed by atoms with Crippen molar-refractivity contribution in [1.29, 1.82) is 5.26 Å². The van der Waals surface area contributed by atoms with Crippen molar-refractivity contribution in [3.63, 3.8) is 0 Å². The van der Waals surface area contributed by atoms with Gasteiger partial charge in [0.05, 0.1) is 11.6 Å². The van der Waals surface area contributed by atoms with Crippen molar-refractivity contribution < 1.29 is 14.3 Å². The number of hydrogen-bond acceptors (Lipinski definition) is 4. The molecule has 0 aliphatic heterocycles. The molecule has 0 aliphatic carbocycles. The van der Waals surface area contributed by atoms with Gasteiger partial charge in [-0.3, -0.25) is 4.79 Å². The average molecular weight is 317 g/mol. The topological polar surface area (TPSA) is 82.4 Å². The second-order valence-electron chi connectivity index (χ2n) is 6.24. The lowest BCUT2D eigenvalue weighted by atomic mass is 10.1. The van der Waals surface area contributed by atoms with Crippen molar-refractivity contribution in [3.05, 3.63) is 35.4 Å². The molecule has 23 heavy (non-hydrogen) atoms. The largest absolute Gasteiger partial charge is 0.444 e. The van der Waals surface area contributed by atoms with Crippen LogP contribution in [0.4, 0.5) is 4.79 Å². The molecule has 0 saturated carbocycles. The van der Waals surface area contributed by atoms with E-state index in [-0.39, 0.29) is 18.9 Å². The van der Waals surface area contributed by atoms with E-state index < -0.39 is 11.7 Å². The van der Waals surface area contributed by atoms with Gasteiger partial charge in [-0.1, -0.05) is 12.1 Å². The second kappa shape index (κ2) is 8.18. The Balaban J connectivity index is 2.36. The summed E-state index contributed by atoms with van der Waals surface area (Å²) in [6, 6.07) is 9.13. The maximum Gasteiger partial charge on any atom is 0.407 e. The molecular weight excluding hydrogens is 294 g/mol. The van der Waals surface area contributed by atoms with E-state index in [1.165, 1.54) is 0 Å². The molecule has 0 heterocycles. The summed E-state index contributed by atoms with van der Waals surface area (Å²) in [6.45, 7) is 6.03. The minimum absolute atomic E-state index is 0.0783. The van der Waals surface area contributed by atoms with Crippen LogP contribution in [0.2, 0.25) is 0 Å². The number of carbonyl (C=O) groups excluding carboxylic acids is 2. The van der Waals surface area contributed by atoms with Gasteiger partial charge >= 0.3 is 6.09 Å². The van der Waals surface area contributed by atoms with Crippen molar-refractivity contribution in [2.45, 2.75) is 39.3 Å². The number of ether oxygens (including phenoxy) is 1. The normalized spacial score (nSPS) is 10.6. The molecule has 124 valence electrons. The Morgan fingerprint density at radius 1 is 1.26 bits per heavy atom. The molecule has 0 saturated heterocycles. The van der Waals surface area contributed by atoms with Crippen LogP contribution in [0.15, 0.2) is 24.3 Å². The third-order valence-electron chi connectivity index (χ3n) is 2.94. The van der Waals surface area contributed by atoms with E-state index in [1.807, 2.05) is 12.1 Å². The Bertz CT molecular complexity index is 583. The molecule has 1 rings (SSSR count). The molecule has 1 N–H and O–H groups in total. The van der Waals surface area contributed by atoms with E-state index in [0.29, 0.717) is 12.1 Å². The average Bonchev–Trinajstić information content (AvgIpc) is 2.46. The van der Waals surface area contributed by atoms with Gasteiger partial charge < -0.3 is 15.0 Å². The molecule has 0 aliphatic rings. The van der Waals surface area contributed by atoms with Crippen LogP contribution in [0.25, 0.3) is 0 Å². The molecule has 0 unspecified atom stereocenters. The highest BCUT2D eigenvalue weighted by atomic mass is 16.6. The maximum absolute atomic E-state index is 12.0. The number of rotatable bonds is 5. The third kappa shape index (κ3) is 7.32. The first-order valence-corrected chi connectivity index (χ1v) is 7.41. The fraction of sp³-hybridized carbons (Fsp3) is 0.471. The summed E-state index contributed by atoms with van der Waals surface area (Å²) in [6.07, 6.45) is -0.327. The molecule has 0 radical (unpaired) electrons. The SMILES string of the molecule is CN(Cc1ccc(C#N)cc1)C(=O)CCNC(=O)OC(C)(C)C. The molecule has 0 spiro atoms. The smallest absolute Gasteiger partial charge is 0.407 e. The molecule has 0 atom stereocenters. The molecule has 6 heteroatoms. The first-order valence-electron chi connectivity index (χ1n) is 7.41. The van der Waals surface area contributed by atoms with Gasteiger partial charge in [0, 0.05) is 26.6 Å². The maximum atomic E-state index is 12.0. The Hall–Kier alpha value is -2.55. The number of amides is 2. The van der Waals surface area contributed by atoms with Gasteiger partial charge in [-0.2, -0.15) is 5.26 Å². The lowest BCUT2D eigenvalue weighted by Crippen LogP contribution is -2.35. The van der Waals surface area contributed by atoms with Gasteiger partial charge in [-0.25, -0.2) is 4.79 Å². The number of hydrogen-bond donors (Lipinski definition) is 1. The number of nitrogens with zero attached hydrogens (tertiary/aromatic N) is 2. The lowest BCUT2D eigenvalue weighted by Gasteiger charge is -2.20. The van der Waals surface area contributed by atoms with Crippen molar-refractivity contribution >= 4 is 12.0 Å². The van der Waals surface area contributed by atoms with Crippen LogP contribution in [-0.2, 0) is 16.1 Å². The molecule has 1 aromatic rings. The summed E-state index contributed by atoms with van der Waals surface area (Å²) in [7, 11) is 1.70. The van der Waals surface area contributed by atoms with Crippen LogP contribution in [0.3, 0.4) is 0 Å². The quantitative estimate of drug-likeness (QED) is 0.904. The summed E-state index contributed by atoms with van der Waals surface area (Å²) >= 11 is 0. The van der Waals surface area contributed by atoms with Crippen molar-refractivity contribution in [1.82, 2.24) is 10.2 Å². The number of nitrogens with one attached hydrogen (secondary N) is 1. The first-order chi connectivity index (χ1) is 10.7. The zero-order valence-corrected chi connectivity index (χ0v) is 14.0. The number of benzene rings is 1. The highest BCUT2D eigenvalue weighted by Gasteiger charge is 2.16. The molecule has 0 fully saturated rings. The van der Waals surface area contributed by atoms with E-state index in [9.17, 15) is 9.59 Å². The van der Waals surface area contributed by atoms with Gasteiger partial charge in [0.15, 0.2) is 0 Å². The van der Waals surface area contributed by atoms with Gasteiger partial charge in [-0.05, 0) is 38.5 Å². The van der Waals surface area contributed by atoms with E-state index >= 15 is 0 Å². The molecular formula is C17H23N3O3. The standard InChI is InChI=1S/C17H23N3O3/c1-17(2,3)23-16(22)19-10-9-15(21)20(4)12-14-7-5-13(11-18)6-8-14/h5-8H,9-10,12H2,1-4H3,(H,19,22). The van der Waals surface area contributed by atoms with Gasteiger partial charge in [-0.15, -0.1) is 0 Å². The lowest BCUT2D eigenvalue weighted by molar-refractivity contribution is -0.130. The minimum atomic E-state index is -0.555. The van der Waals surface area contributed by atoms with Crippen LogP contribution >= 0.6 is 0 Å². The number of alkyl carbamates (subject to hydrolysis) is 1. The third-order valence-corrected chi connectivity index (χ3v) is 2.94. The Labute approximate surface area is 137 Å². The van der Waals surface area contributed by atoms with Crippen LogP contribution in [0.5, 0.6) is 0 Å². The van der Waals surface area contributed by atoms with Crippen LogP contribution in [0.1, 0.15) is 38.3 Å². The fourth-order valence-electron chi connectivity index (χ4n) is 1.82. The monoisotopic (exact) mass is 317 g/mol. The summed E-state index contributed by atoms with van der Waals surface area (Å²) < 4.78 is 5.10. The predicted molar refractivity (Wildman–Crippen MR) is 86.5 cm³/mol. The Morgan fingerprint density at radius 3 is 2.39 bits per heavy atom. The summed E-state index contributed by atoms with van der Waals surface area (Å²) in [5.41, 5.74) is 0.977. The Morgan fingerprint density at radius 2 is 1.87 bits per heavy atom. The van der Waals surface area contributed by atoms with Crippen LogP contribution < -0.4 is 5.32 Å². The van der Waals surface area contributed by atoms with E-state index in [0.717, 1.165) is 5.56 Å². The molecule has 0 bridgehead atoms. The zero-order valence-electron chi connectivity index (χ0n) is 14.0. The highest BCUT2D eigenvalue weighted by molar-refractivity contribution is 5.77. The number of carbonyl (C=O) groups is 2. The number of nitriles is 1. The van der Waals surface area contributed by atoms with E-state index in [2.05, 4.69) is 11.4 Å². The van der Waals surface area contributed by atoms with E-state index in [1.54, 1.807) is 44.9 Å². The van der Waals surface area contributed by atoms with Crippen LogP contribution in [0, 0.1) is 11.3 Å². The minimum Gasteiger partial charge on any atom is -0.444 e. The molecule has 6 nitrogen and oxygen atoms in total. The first kappa shape index (κ1) is 18.5. The van der Waals surface area contributed by atoms with Crippen molar-refractivity contribution in [2.24, 2.45) is 0 Å². The van der Waals surface area contributed by atoms with Crippen LogP contribution in [-0.4, -0.2) is 36.1 Å². The van der Waals surface area contributed by atoms with E-state index in [4.69, 9.17) is 10.00 Å². The van der Waals surface area contributed by atoms with Gasteiger partial charge in [0.2, 0.25) is 5.91 Å². The van der Waals surface area contributed by atoms with Gasteiger partial charge in [0.25, 0.3) is 0 Å². The second-order valence-corrected chi connectivity index (χ2v) is 6.24.